The van der Waals surface area contributed by atoms with E-state index >= 15 is 0 Å². The van der Waals surface area contributed by atoms with Crippen LogP contribution in [0.25, 0.3) is 0 Å². The lowest BCUT2D eigenvalue weighted by molar-refractivity contribution is -0.137. The summed E-state index contributed by atoms with van der Waals surface area (Å²) >= 11 is 0. The molecule has 1 saturated carbocycles. The number of likely N-dealkylation sites (tertiary alicyclic amines) is 1. The second kappa shape index (κ2) is 7.17. The number of para-hydroxylation sites is 2. The van der Waals surface area contributed by atoms with E-state index in [1.54, 1.807) is 7.11 Å². The molecule has 2 unspecified atom stereocenters. The van der Waals surface area contributed by atoms with Crippen molar-refractivity contribution in [3.63, 3.8) is 0 Å². The summed E-state index contributed by atoms with van der Waals surface area (Å²) in [4.78, 5) is 31.4. The third-order valence-corrected chi connectivity index (χ3v) is 5.86. The highest BCUT2D eigenvalue weighted by Gasteiger charge is 2.51. The minimum absolute atomic E-state index is 0.0622. The fourth-order valence-corrected chi connectivity index (χ4v) is 4.21. The highest BCUT2D eigenvalue weighted by molar-refractivity contribution is 5.92. The molecular formula is C20H27N3O3. The number of benzene rings is 1. The largest absolute Gasteiger partial charge is 0.495 e. The lowest BCUT2D eigenvalue weighted by Crippen LogP contribution is -2.49. The standard InChI is InChI=1S/C20H27N3O3/c1-26-18-7-3-2-6-17(18)21-10-12-23(13-11-21)20(25)16-14-15(16)19(24)22-8-4-5-9-22/h2-3,6-7,15-16H,4-5,8-14H2,1H3. The van der Waals surface area contributed by atoms with Gasteiger partial charge in [0.05, 0.1) is 24.6 Å². The molecule has 6 nitrogen and oxygen atoms in total. The first-order valence-electron chi connectivity index (χ1n) is 9.64. The Bertz CT molecular complexity index is 679. The van der Waals surface area contributed by atoms with Gasteiger partial charge in [-0.15, -0.1) is 0 Å². The molecule has 1 aliphatic carbocycles. The topological polar surface area (TPSA) is 53.1 Å². The second-order valence-corrected chi connectivity index (χ2v) is 7.47. The van der Waals surface area contributed by atoms with Crippen LogP contribution in [-0.4, -0.2) is 68.0 Å². The van der Waals surface area contributed by atoms with Gasteiger partial charge in [0.25, 0.3) is 0 Å². The summed E-state index contributed by atoms with van der Waals surface area (Å²) in [5, 5.41) is 0. The third-order valence-electron chi connectivity index (χ3n) is 5.86. The van der Waals surface area contributed by atoms with Crippen LogP contribution in [0.1, 0.15) is 19.3 Å². The van der Waals surface area contributed by atoms with Crippen molar-refractivity contribution in [1.29, 1.82) is 0 Å². The summed E-state index contributed by atoms with van der Waals surface area (Å²) in [6.07, 6.45) is 2.94. The van der Waals surface area contributed by atoms with E-state index in [1.165, 1.54) is 0 Å². The Labute approximate surface area is 154 Å². The molecule has 0 radical (unpaired) electrons. The van der Waals surface area contributed by atoms with Gasteiger partial charge in [0, 0.05) is 39.3 Å². The Balaban J connectivity index is 1.31. The van der Waals surface area contributed by atoms with Crippen LogP contribution < -0.4 is 9.64 Å². The summed E-state index contributed by atoms with van der Waals surface area (Å²) in [5.74, 6) is 1.09. The number of hydrogen-bond acceptors (Lipinski definition) is 4. The molecule has 140 valence electrons. The Morgan fingerprint density at radius 2 is 1.46 bits per heavy atom. The minimum Gasteiger partial charge on any atom is -0.495 e. The van der Waals surface area contributed by atoms with Gasteiger partial charge in [-0.25, -0.2) is 0 Å². The number of amides is 2. The number of anilines is 1. The molecule has 3 aliphatic rings. The number of ether oxygens (including phenoxy) is 1. The molecule has 0 N–H and O–H groups in total. The van der Waals surface area contributed by atoms with Crippen molar-refractivity contribution in [2.75, 3.05) is 51.3 Å². The molecule has 0 bridgehead atoms. The van der Waals surface area contributed by atoms with Crippen LogP contribution in [0.2, 0.25) is 0 Å². The van der Waals surface area contributed by atoms with E-state index in [2.05, 4.69) is 11.0 Å². The molecule has 6 heteroatoms. The predicted octanol–water partition coefficient (Wildman–Crippen LogP) is 1.60. The maximum absolute atomic E-state index is 12.8. The molecule has 2 atom stereocenters. The maximum Gasteiger partial charge on any atom is 0.226 e. The fourth-order valence-electron chi connectivity index (χ4n) is 4.21. The Kier molecular flexibility index (Phi) is 4.74. The molecule has 0 spiro atoms. The highest BCUT2D eigenvalue weighted by atomic mass is 16.5. The Morgan fingerprint density at radius 3 is 2.08 bits per heavy atom. The molecular weight excluding hydrogens is 330 g/mol. The van der Waals surface area contributed by atoms with E-state index in [0.29, 0.717) is 13.1 Å². The van der Waals surface area contributed by atoms with Crippen molar-refractivity contribution in [1.82, 2.24) is 9.80 Å². The van der Waals surface area contributed by atoms with Crippen LogP contribution in [-0.2, 0) is 9.59 Å². The van der Waals surface area contributed by atoms with Gasteiger partial charge in [-0.1, -0.05) is 12.1 Å². The van der Waals surface area contributed by atoms with E-state index in [9.17, 15) is 9.59 Å². The van der Waals surface area contributed by atoms with Crippen molar-refractivity contribution >= 4 is 17.5 Å². The van der Waals surface area contributed by atoms with Crippen molar-refractivity contribution in [2.45, 2.75) is 19.3 Å². The van der Waals surface area contributed by atoms with Gasteiger partial charge in [-0.2, -0.15) is 0 Å². The number of methoxy groups -OCH3 is 1. The van der Waals surface area contributed by atoms with Crippen LogP contribution in [0.5, 0.6) is 5.75 Å². The van der Waals surface area contributed by atoms with Gasteiger partial charge in [0.15, 0.2) is 0 Å². The first kappa shape index (κ1) is 17.2. The van der Waals surface area contributed by atoms with E-state index in [0.717, 1.165) is 56.9 Å². The van der Waals surface area contributed by atoms with Crippen LogP contribution in [0.3, 0.4) is 0 Å². The SMILES string of the molecule is COc1ccccc1N1CCN(C(=O)C2CC2C(=O)N2CCCC2)CC1. The van der Waals surface area contributed by atoms with Crippen LogP contribution in [0.15, 0.2) is 24.3 Å². The molecule has 1 aromatic carbocycles. The zero-order valence-electron chi connectivity index (χ0n) is 15.4. The fraction of sp³-hybridized carbons (Fsp3) is 0.600. The first-order chi connectivity index (χ1) is 12.7. The van der Waals surface area contributed by atoms with E-state index in [4.69, 9.17) is 4.74 Å². The van der Waals surface area contributed by atoms with Crippen molar-refractivity contribution in [3.05, 3.63) is 24.3 Å². The number of carbonyl (C=O) groups excluding carboxylic acids is 2. The summed E-state index contributed by atoms with van der Waals surface area (Å²) in [5.41, 5.74) is 1.08. The lowest BCUT2D eigenvalue weighted by atomic mass is 10.2. The van der Waals surface area contributed by atoms with Gasteiger partial charge >= 0.3 is 0 Å². The highest BCUT2D eigenvalue weighted by Crippen LogP contribution is 2.42. The van der Waals surface area contributed by atoms with E-state index < -0.39 is 0 Å². The van der Waals surface area contributed by atoms with Crippen molar-refractivity contribution in [2.24, 2.45) is 11.8 Å². The number of piperazine rings is 1. The molecule has 26 heavy (non-hydrogen) atoms. The van der Waals surface area contributed by atoms with Crippen molar-refractivity contribution in [3.8, 4) is 5.75 Å². The molecule has 0 aromatic heterocycles. The molecule has 1 aromatic rings. The summed E-state index contributed by atoms with van der Waals surface area (Å²) < 4.78 is 5.45. The number of carbonyl (C=O) groups is 2. The first-order valence-corrected chi connectivity index (χ1v) is 9.64. The van der Waals surface area contributed by atoms with Gasteiger partial charge in [-0.05, 0) is 31.4 Å². The summed E-state index contributed by atoms with van der Waals surface area (Å²) in [6, 6.07) is 7.99. The molecule has 2 heterocycles. The van der Waals surface area contributed by atoms with Crippen LogP contribution in [0.4, 0.5) is 5.69 Å². The van der Waals surface area contributed by atoms with Crippen LogP contribution in [0, 0.1) is 11.8 Å². The van der Waals surface area contributed by atoms with Gasteiger partial charge in [0.2, 0.25) is 11.8 Å². The third kappa shape index (κ3) is 3.24. The normalized spacial score (nSPS) is 25.3. The summed E-state index contributed by atoms with van der Waals surface area (Å²) in [7, 11) is 1.68. The monoisotopic (exact) mass is 357 g/mol. The average molecular weight is 357 g/mol. The minimum atomic E-state index is -0.0825. The lowest BCUT2D eigenvalue weighted by Gasteiger charge is -2.36. The molecule has 2 saturated heterocycles. The van der Waals surface area contributed by atoms with Crippen LogP contribution >= 0.6 is 0 Å². The van der Waals surface area contributed by atoms with Crippen molar-refractivity contribution < 1.29 is 14.3 Å². The van der Waals surface area contributed by atoms with E-state index in [-0.39, 0.29) is 23.7 Å². The van der Waals surface area contributed by atoms with Gasteiger partial charge < -0.3 is 19.4 Å². The predicted molar refractivity (Wildman–Crippen MR) is 99.2 cm³/mol. The molecule has 4 rings (SSSR count). The quantitative estimate of drug-likeness (QED) is 0.821. The Hall–Kier alpha value is -2.24. The maximum atomic E-state index is 12.8. The number of rotatable bonds is 4. The Morgan fingerprint density at radius 1 is 0.885 bits per heavy atom. The molecule has 2 amide bonds. The smallest absolute Gasteiger partial charge is 0.226 e. The summed E-state index contributed by atoms with van der Waals surface area (Å²) in [6.45, 7) is 4.74. The zero-order valence-corrected chi connectivity index (χ0v) is 15.4. The molecule has 2 aliphatic heterocycles. The zero-order chi connectivity index (χ0) is 18.1. The van der Waals surface area contributed by atoms with Gasteiger partial charge in [0.1, 0.15) is 5.75 Å². The molecule has 3 fully saturated rings. The average Bonchev–Trinajstić information content (AvgIpc) is 3.31. The number of hydrogen-bond donors (Lipinski definition) is 0. The second-order valence-electron chi connectivity index (χ2n) is 7.47. The number of nitrogens with zero attached hydrogens (tertiary/aromatic N) is 3. The van der Waals surface area contributed by atoms with E-state index in [1.807, 2.05) is 28.0 Å². The van der Waals surface area contributed by atoms with Gasteiger partial charge in [-0.3, -0.25) is 9.59 Å².